The largest absolute Gasteiger partial charge is 0.349 e. The number of carbonyl (C=O) groups excluding carboxylic acids is 1. The Morgan fingerprint density at radius 1 is 1.28 bits per heavy atom. The summed E-state index contributed by atoms with van der Waals surface area (Å²) >= 11 is 5.68. The minimum absolute atomic E-state index is 0.0714. The molecule has 0 bridgehead atoms. The number of hydrogen-bond donors (Lipinski definition) is 1. The summed E-state index contributed by atoms with van der Waals surface area (Å²) < 4.78 is 26.0. The monoisotopic (exact) mass is 290 g/mol. The number of rotatable bonds is 5. The molecule has 0 saturated carbocycles. The van der Waals surface area contributed by atoms with E-state index >= 15 is 0 Å². The van der Waals surface area contributed by atoms with Gasteiger partial charge in [0.25, 0.3) is 0 Å². The van der Waals surface area contributed by atoms with Gasteiger partial charge in [-0.05, 0) is 24.3 Å². The van der Waals surface area contributed by atoms with Crippen LogP contribution in [0, 0.1) is 0 Å². The Morgan fingerprint density at radius 3 is 2.33 bits per heavy atom. The minimum Gasteiger partial charge on any atom is -0.349 e. The van der Waals surface area contributed by atoms with Crippen molar-refractivity contribution in [2.75, 3.05) is 20.6 Å². The van der Waals surface area contributed by atoms with Gasteiger partial charge in [-0.15, -0.1) is 0 Å². The van der Waals surface area contributed by atoms with Crippen LogP contribution in [0.25, 0.3) is 0 Å². The van der Waals surface area contributed by atoms with E-state index in [1.807, 2.05) is 0 Å². The molecule has 0 spiro atoms. The zero-order chi connectivity index (χ0) is 13.8. The van der Waals surface area contributed by atoms with Gasteiger partial charge in [0.1, 0.15) is 0 Å². The van der Waals surface area contributed by atoms with Gasteiger partial charge in [-0.3, -0.25) is 4.79 Å². The zero-order valence-corrected chi connectivity index (χ0v) is 11.8. The molecule has 5 nitrogen and oxygen atoms in total. The topological polar surface area (TPSA) is 66.5 Å². The SMILES string of the molecule is CN(C)C(=O)CCNS(=O)(=O)c1ccc(Cl)cc1. The average Bonchev–Trinajstić information content (AvgIpc) is 2.29. The van der Waals surface area contributed by atoms with E-state index in [1.165, 1.54) is 29.2 Å². The van der Waals surface area contributed by atoms with Gasteiger partial charge in [0, 0.05) is 32.1 Å². The van der Waals surface area contributed by atoms with Crippen LogP contribution in [-0.4, -0.2) is 39.9 Å². The van der Waals surface area contributed by atoms with Gasteiger partial charge < -0.3 is 4.90 Å². The Morgan fingerprint density at radius 2 is 1.83 bits per heavy atom. The molecule has 7 heteroatoms. The highest BCUT2D eigenvalue weighted by atomic mass is 35.5. The molecule has 100 valence electrons. The molecule has 18 heavy (non-hydrogen) atoms. The summed E-state index contributed by atoms with van der Waals surface area (Å²) in [6.07, 6.45) is 0.125. The van der Waals surface area contributed by atoms with Crippen molar-refractivity contribution in [2.45, 2.75) is 11.3 Å². The third kappa shape index (κ3) is 4.29. The lowest BCUT2D eigenvalue weighted by Crippen LogP contribution is -2.30. The van der Waals surface area contributed by atoms with Gasteiger partial charge in [0.05, 0.1) is 4.90 Å². The highest BCUT2D eigenvalue weighted by Gasteiger charge is 2.14. The van der Waals surface area contributed by atoms with Gasteiger partial charge in [-0.2, -0.15) is 0 Å². The van der Waals surface area contributed by atoms with Crippen LogP contribution in [0.2, 0.25) is 5.02 Å². The van der Waals surface area contributed by atoms with E-state index in [1.54, 1.807) is 14.1 Å². The van der Waals surface area contributed by atoms with Crippen molar-refractivity contribution < 1.29 is 13.2 Å². The lowest BCUT2D eigenvalue weighted by Gasteiger charge is -2.10. The second-order valence-electron chi connectivity index (χ2n) is 3.89. The fourth-order valence-corrected chi connectivity index (χ4v) is 2.37. The number of halogens is 1. The van der Waals surface area contributed by atoms with Crippen molar-refractivity contribution >= 4 is 27.5 Å². The molecule has 0 radical (unpaired) electrons. The molecule has 1 aromatic rings. The number of amides is 1. The van der Waals surface area contributed by atoms with Crippen LogP contribution in [0.4, 0.5) is 0 Å². The first-order valence-corrected chi connectivity index (χ1v) is 7.14. The van der Waals surface area contributed by atoms with E-state index in [4.69, 9.17) is 11.6 Å². The van der Waals surface area contributed by atoms with Crippen LogP contribution in [0.15, 0.2) is 29.2 Å². The lowest BCUT2D eigenvalue weighted by molar-refractivity contribution is -0.128. The molecular formula is C11H15ClN2O3S. The summed E-state index contributed by atoms with van der Waals surface area (Å²) in [4.78, 5) is 12.8. The van der Waals surface area contributed by atoms with Gasteiger partial charge in [-0.1, -0.05) is 11.6 Å². The van der Waals surface area contributed by atoms with E-state index in [0.29, 0.717) is 5.02 Å². The number of benzene rings is 1. The van der Waals surface area contributed by atoms with E-state index in [2.05, 4.69) is 4.72 Å². The maximum atomic E-state index is 11.8. The van der Waals surface area contributed by atoms with Gasteiger partial charge in [-0.25, -0.2) is 13.1 Å². The predicted octanol–water partition coefficient (Wildman–Crippen LogP) is 1.10. The van der Waals surface area contributed by atoms with Crippen LogP contribution in [0.3, 0.4) is 0 Å². The van der Waals surface area contributed by atoms with Crippen molar-refractivity contribution in [3.63, 3.8) is 0 Å². The Labute approximate surface area is 112 Å². The molecule has 0 aliphatic heterocycles. The van der Waals surface area contributed by atoms with Crippen LogP contribution in [0.1, 0.15) is 6.42 Å². The summed E-state index contributed by atoms with van der Waals surface area (Å²) in [7, 11) is -0.336. The molecule has 0 fully saturated rings. The van der Waals surface area contributed by atoms with E-state index in [9.17, 15) is 13.2 Å². The highest BCUT2D eigenvalue weighted by Crippen LogP contribution is 2.13. The number of nitrogens with zero attached hydrogens (tertiary/aromatic N) is 1. The van der Waals surface area contributed by atoms with Gasteiger partial charge in [0.15, 0.2) is 0 Å². The van der Waals surface area contributed by atoms with Gasteiger partial charge >= 0.3 is 0 Å². The number of hydrogen-bond acceptors (Lipinski definition) is 3. The summed E-state index contributed by atoms with van der Waals surface area (Å²) in [5.41, 5.74) is 0. The summed E-state index contributed by atoms with van der Waals surface area (Å²) in [5.74, 6) is -0.131. The Bertz CT molecular complexity index is 512. The van der Waals surface area contributed by atoms with Crippen LogP contribution < -0.4 is 4.72 Å². The Balaban J connectivity index is 2.61. The quantitative estimate of drug-likeness (QED) is 0.883. The molecule has 1 N–H and O–H groups in total. The third-order valence-corrected chi connectivity index (χ3v) is 3.98. The second-order valence-corrected chi connectivity index (χ2v) is 6.09. The van der Waals surface area contributed by atoms with E-state index < -0.39 is 10.0 Å². The van der Waals surface area contributed by atoms with Crippen molar-refractivity contribution in [1.29, 1.82) is 0 Å². The molecular weight excluding hydrogens is 276 g/mol. The molecule has 0 heterocycles. The van der Waals surface area contributed by atoms with Crippen LogP contribution in [-0.2, 0) is 14.8 Å². The number of sulfonamides is 1. The molecule has 1 rings (SSSR count). The van der Waals surface area contributed by atoms with E-state index in [0.717, 1.165) is 0 Å². The Hall–Kier alpha value is -1.11. The molecule has 0 aliphatic rings. The summed E-state index contributed by atoms with van der Waals surface area (Å²) in [6.45, 7) is 0.0714. The van der Waals surface area contributed by atoms with Crippen molar-refractivity contribution in [3.8, 4) is 0 Å². The first-order valence-electron chi connectivity index (χ1n) is 5.28. The third-order valence-electron chi connectivity index (χ3n) is 2.25. The molecule has 0 aromatic heterocycles. The highest BCUT2D eigenvalue weighted by molar-refractivity contribution is 7.89. The normalized spacial score (nSPS) is 11.3. The maximum Gasteiger partial charge on any atom is 0.240 e. The molecule has 0 saturated heterocycles. The van der Waals surface area contributed by atoms with E-state index in [-0.39, 0.29) is 23.8 Å². The molecule has 1 amide bonds. The van der Waals surface area contributed by atoms with Gasteiger partial charge in [0.2, 0.25) is 15.9 Å². The maximum absolute atomic E-state index is 11.8. The molecule has 0 aliphatic carbocycles. The molecule has 0 unspecified atom stereocenters. The summed E-state index contributed by atoms with van der Waals surface area (Å²) in [5, 5.41) is 0.469. The summed E-state index contributed by atoms with van der Waals surface area (Å²) in [6, 6.07) is 5.83. The average molecular weight is 291 g/mol. The standard InChI is InChI=1S/C11H15ClN2O3S/c1-14(2)11(15)7-8-13-18(16,17)10-5-3-9(12)4-6-10/h3-6,13H,7-8H2,1-2H3. The van der Waals surface area contributed by atoms with Crippen molar-refractivity contribution in [3.05, 3.63) is 29.3 Å². The lowest BCUT2D eigenvalue weighted by atomic mass is 10.4. The fraction of sp³-hybridized carbons (Fsp3) is 0.364. The molecule has 1 aromatic carbocycles. The van der Waals surface area contributed by atoms with Crippen molar-refractivity contribution in [1.82, 2.24) is 9.62 Å². The first-order chi connectivity index (χ1) is 8.33. The fourth-order valence-electron chi connectivity index (χ4n) is 1.21. The zero-order valence-electron chi connectivity index (χ0n) is 10.2. The smallest absolute Gasteiger partial charge is 0.240 e. The second kappa shape index (κ2) is 6.17. The number of carbonyl (C=O) groups is 1. The first kappa shape index (κ1) is 14.9. The predicted molar refractivity (Wildman–Crippen MR) is 70.0 cm³/mol. The van der Waals surface area contributed by atoms with Crippen molar-refractivity contribution in [2.24, 2.45) is 0 Å². The Kier molecular flexibility index (Phi) is 5.13. The number of nitrogens with one attached hydrogen (secondary N) is 1. The minimum atomic E-state index is -3.58. The van der Waals surface area contributed by atoms with Crippen LogP contribution in [0.5, 0.6) is 0 Å². The van der Waals surface area contributed by atoms with Crippen LogP contribution >= 0.6 is 11.6 Å². The molecule has 0 atom stereocenters.